The number of nitrogens with zero attached hydrogens (tertiary/aromatic N) is 3. The molecule has 3 rings (SSSR count). The number of hydrogen-bond acceptors (Lipinski definition) is 4. The molecular formula is C25H36N4O. The first kappa shape index (κ1) is 22.3. The van der Waals surface area contributed by atoms with Gasteiger partial charge in [-0.25, -0.2) is 0 Å². The average Bonchev–Trinajstić information content (AvgIpc) is 2.75. The van der Waals surface area contributed by atoms with Crippen LogP contribution in [0.25, 0.3) is 0 Å². The van der Waals surface area contributed by atoms with Gasteiger partial charge in [-0.3, -0.25) is 14.6 Å². The first-order chi connectivity index (χ1) is 14.5. The fourth-order valence-electron chi connectivity index (χ4n) is 3.99. The summed E-state index contributed by atoms with van der Waals surface area (Å²) in [4.78, 5) is 19.4. The Morgan fingerprint density at radius 3 is 2.27 bits per heavy atom. The van der Waals surface area contributed by atoms with Crippen molar-refractivity contribution >= 4 is 11.6 Å². The van der Waals surface area contributed by atoms with Crippen molar-refractivity contribution in [2.75, 3.05) is 45.2 Å². The molecule has 0 bridgehead atoms. The number of benzene rings is 2. The monoisotopic (exact) mass is 408 g/mol. The molecule has 5 heteroatoms. The molecule has 1 heterocycles. The van der Waals surface area contributed by atoms with Crippen LogP contribution in [-0.2, 0) is 17.9 Å². The zero-order chi connectivity index (χ0) is 21.3. The van der Waals surface area contributed by atoms with E-state index in [9.17, 15) is 4.79 Å². The Kier molecular flexibility index (Phi) is 8.29. The molecular weight excluding hydrogens is 372 g/mol. The number of carbonyl (C=O) groups is 1. The number of nitrogens with one attached hydrogen (secondary N) is 1. The third kappa shape index (κ3) is 6.85. The minimum Gasteiger partial charge on any atom is -0.378 e. The van der Waals surface area contributed by atoms with Crippen LogP contribution in [-0.4, -0.2) is 62.0 Å². The van der Waals surface area contributed by atoms with Crippen LogP contribution < -0.4 is 10.2 Å². The number of rotatable bonds is 9. The van der Waals surface area contributed by atoms with Gasteiger partial charge in [0.05, 0.1) is 6.54 Å². The smallest absolute Gasteiger partial charge is 0.234 e. The van der Waals surface area contributed by atoms with Gasteiger partial charge >= 0.3 is 0 Å². The molecule has 1 amide bonds. The van der Waals surface area contributed by atoms with Crippen molar-refractivity contribution in [1.82, 2.24) is 15.1 Å². The van der Waals surface area contributed by atoms with Gasteiger partial charge in [0.15, 0.2) is 0 Å². The van der Waals surface area contributed by atoms with Gasteiger partial charge in [0.1, 0.15) is 0 Å². The standard InChI is InChI=1S/C25H36N4O/c1-4-28(18-22-10-12-24(13-11-22)27(2)3)20-25(30)26-23-14-16-29(17-15-23)19-21-8-6-5-7-9-21/h5-13,23H,4,14-20H2,1-3H3,(H,26,30). The second kappa shape index (κ2) is 11.1. The van der Waals surface area contributed by atoms with Crippen molar-refractivity contribution in [1.29, 1.82) is 0 Å². The van der Waals surface area contributed by atoms with Crippen molar-refractivity contribution in [3.8, 4) is 0 Å². The highest BCUT2D eigenvalue weighted by Gasteiger charge is 2.21. The van der Waals surface area contributed by atoms with E-state index in [4.69, 9.17) is 0 Å². The van der Waals surface area contributed by atoms with E-state index in [1.165, 1.54) is 16.8 Å². The van der Waals surface area contributed by atoms with E-state index in [1.807, 2.05) is 14.1 Å². The number of piperidine rings is 1. The predicted molar refractivity (Wildman–Crippen MR) is 125 cm³/mol. The Labute approximate surface area is 181 Å². The van der Waals surface area contributed by atoms with Gasteiger partial charge in [-0.15, -0.1) is 0 Å². The van der Waals surface area contributed by atoms with Crippen molar-refractivity contribution in [3.05, 3.63) is 65.7 Å². The van der Waals surface area contributed by atoms with Crippen LogP contribution >= 0.6 is 0 Å². The summed E-state index contributed by atoms with van der Waals surface area (Å²) >= 11 is 0. The Bertz CT molecular complexity index is 767. The lowest BCUT2D eigenvalue weighted by Crippen LogP contribution is -2.47. The van der Waals surface area contributed by atoms with E-state index in [0.717, 1.165) is 45.6 Å². The van der Waals surface area contributed by atoms with Crippen molar-refractivity contribution in [2.24, 2.45) is 0 Å². The normalized spacial score (nSPS) is 15.3. The highest BCUT2D eigenvalue weighted by atomic mass is 16.2. The molecule has 0 unspecified atom stereocenters. The number of carbonyl (C=O) groups excluding carboxylic acids is 1. The van der Waals surface area contributed by atoms with Gasteiger partial charge in [-0.1, -0.05) is 49.4 Å². The van der Waals surface area contributed by atoms with Gasteiger partial charge < -0.3 is 10.2 Å². The summed E-state index contributed by atoms with van der Waals surface area (Å²) in [5.41, 5.74) is 3.79. The van der Waals surface area contributed by atoms with E-state index in [2.05, 4.69) is 81.5 Å². The highest BCUT2D eigenvalue weighted by molar-refractivity contribution is 5.78. The van der Waals surface area contributed by atoms with Gasteiger partial charge in [0.25, 0.3) is 0 Å². The van der Waals surface area contributed by atoms with E-state index < -0.39 is 0 Å². The van der Waals surface area contributed by atoms with E-state index in [-0.39, 0.29) is 5.91 Å². The number of likely N-dealkylation sites (N-methyl/N-ethyl adjacent to an activating group) is 1. The average molecular weight is 409 g/mol. The molecule has 0 aliphatic carbocycles. The molecule has 2 aromatic carbocycles. The molecule has 5 nitrogen and oxygen atoms in total. The molecule has 1 aliphatic rings. The molecule has 30 heavy (non-hydrogen) atoms. The zero-order valence-corrected chi connectivity index (χ0v) is 18.7. The Morgan fingerprint density at radius 2 is 1.67 bits per heavy atom. The van der Waals surface area contributed by atoms with Crippen LogP contribution in [0.5, 0.6) is 0 Å². The lowest BCUT2D eigenvalue weighted by atomic mass is 10.0. The van der Waals surface area contributed by atoms with Crippen LogP contribution in [0.15, 0.2) is 54.6 Å². The van der Waals surface area contributed by atoms with Crippen LogP contribution in [0.1, 0.15) is 30.9 Å². The summed E-state index contributed by atoms with van der Waals surface area (Å²) in [5, 5.41) is 3.26. The van der Waals surface area contributed by atoms with Crippen molar-refractivity contribution in [2.45, 2.75) is 38.9 Å². The van der Waals surface area contributed by atoms with Crippen molar-refractivity contribution < 1.29 is 4.79 Å². The second-order valence-corrected chi connectivity index (χ2v) is 8.47. The fourth-order valence-corrected chi connectivity index (χ4v) is 3.99. The second-order valence-electron chi connectivity index (χ2n) is 8.47. The Balaban J connectivity index is 1.41. The van der Waals surface area contributed by atoms with E-state index >= 15 is 0 Å². The summed E-state index contributed by atoms with van der Waals surface area (Å²) in [6, 6.07) is 19.5. The van der Waals surface area contributed by atoms with Crippen LogP contribution in [0.4, 0.5) is 5.69 Å². The molecule has 162 valence electrons. The Morgan fingerprint density at radius 1 is 1.00 bits per heavy atom. The molecule has 1 aliphatic heterocycles. The zero-order valence-electron chi connectivity index (χ0n) is 18.7. The van der Waals surface area contributed by atoms with E-state index in [0.29, 0.717) is 12.6 Å². The lowest BCUT2D eigenvalue weighted by Gasteiger charge is -2.32. The molecule has 0 aromatic heterocycles. The molecule has 0 spiro atoms. The predicted octanol–water partition coefficient (Wildman–Crippen LogP) is 3.36. The fraction of sp³-hybridized carbons (Fsp3) is 0.480. The molecule has 0 radical (unpaired) electrons. The molecule has 2 aromatic rings. The minimum absolute atomic E-state index is 0.142. The van der Waals surface area contributed by atoms with E-state index in [1.54, 1.807) is 0 Å². The van der Waals surface area contributed by atoms with Gasteiger partial charge in [-0.2, -0.15) is 0 Å². The third-order valence-corrected chi connectivity index (χ3v) is 5.88. The minimum atomic E-state index is 0.142. The quantitative estimate of drug-likeness (QED) is 0.691. The lowest BCUT2D eigenvalue weighted by molar-refractivity contribution is -0.123. The molecule has 1 N–H and O–H groups in total. The molecule has 1 saturated heterocycles. The number of hydrogen-bond donors (Lipinski definition) is 1. The number of amides is 1. The number of anilines is 1. The first-order valence-electron chi connectivity index (χ1n) is 11.1. The molecule has 1 fully saturated rings. The number of likely N-dealkylation sites (tertiary alicyclic amines) is 1. The van der Waals surface area contributed by atoms with Gasteiger partial charge in [0.2, 0.25) is 5.91 Å². The highest BCUT2D eigenvalue weighted by Crippen LogP contribution is 2.15. The summed E-state index contributed by atoms with van der Waals surface area (Å²) in [6.45, 7) is 7.30. The Hall–Kier alpha value is -2.37. The van der Waals surface area contributed by atoms with Crippen LogP contribution in [0.2, 0.25) is 0 Å². The summed E-state index contributed by atoms with van der Waals surface area (Å²) in [5.74, 6) is 0.142. The largest absolute Gasteiger partial charge is 0.378 e. The molecule has 0 saturated carbocycles. The maximum Gasteiger partial charge on any atom is 0.234 e. The summed E-state index contributed by atoms with van der Waals surface area (Å²) < 4.78 is 0. The third-order valence-electron chi connectivity index (χ3n) is 5.88. The van der Waals surface area contributed by atoms with Crippen LogP contribution in [0.3, 0.4) is 0 Å². The first-order valence-corrected chi connectivity index (χ1v) is 11.1. The van der Waals surface area contributed by atoms with Gasteiger partial charge in [-0.05, 0) is 42.6 Å². The summed E-state index contributed by atoms with van der Waals surface area (Å²) in [6.07, 6.45) is 2.05. The molecule has 0 atom stereocenters. The summed E-state index contributed by atoms with van der Waals surface area (Å²) in [7, 11) is 4.09. The van der Waals surface area contributed by atoms with Crippen molar-refractivity contribution in [3.63, 3.8) is 0 Å². The topological polar surface area (TPSA) is 38.8 Å². The SMILES string of the molecule is CCN(CC(=O)NC1CCN(Cc2ccccc2)CC1)Cc1ccc(N(C)C)cc1. The van der Waals surface area contributed by atoms with Crippen LogP contribution in [0, 0.1) is 0 Å². The maximum atomic E-state index is 12.6. The van der Waals surface area contributed by atoms with Gasteiger partial charge in [0, 0.05) is 52.0 Å². The maximum absolute atomic E-state index is 12.6.